The van der Waals surface area contributed by atoms with E-state index < -0.39 is 28.3 Å². The van der Waals surface area contributed by atoms with E-state index >= 15 is 4.39 Å². The lowest BCUT2D eigenvalue weighted by Gasteiger charge is -2.53. The lowest BCUT2D eigenvalue weighted by atomic mass is 9.53. The van der Waals surface area contributed by atoms with Crippen LogP contribution < -0.4 is 4.72 Å². The van der Waals surface area contributed by atoms with Crippen LogP contribution in [0.15, 0.2) is 48.5 Å². The molecule has 2 aromatic rings. The van der Waals surface area contributed by atoms with Gasteiger partial charge in [0, 0.05) is 5.92 Å². The Balaban J connectivity index is 1.43. The molecule has 8 heteroatoms. The van der Waals surface area contributed by atoms with Crippen LogP contribution in [0.5, 0.6) is 0 Å². The van der Waals surface area contributed by atoms with Crippen molar-refractivity contribution in [3.05, 3.63) is 59.9 Å². The maximum Gasteiger partial charge on any atom is 0.226 e. The second-order valence-electron chi connectivity index (χ2n) is 9.88. The van der Waals surface area contributed by atoms with Gasteiger partial charge >= 0.3 is 0 Å². The Bertz CT molecular complexity index is 1190. The molecule has 6 atom stereocenters. The topological polar surface area (TPSA) is 66.5 Å². The van der Waals surface area contributed by atoms with E-state index in [9.17, 15) is 17.6 Å². The van der Waals surface area contributed by atoms with E-state index in [0.717, 1.165) is 36.0 Å². The summed E-state index contributed by atoms with van der Waals surface area (Å²) in [6.45, 7) is 1.41. The summed E-state index contributed by atoms with van der Waals surface area (Å²) >= 11 is 0. The number of sulfonamides is 1. The fourth-order valence-corrected chi connectivity index (χ4v) is 6.70. The highest BCUT2D eigenvalue weighted by molar-refractivity contribution is 7.89. The van der Waals surface area contributed by atoms with Crippen molar-refractivity contribution in [2.75, 3.05) is 12.3 Å². The zero-order valence-electron chi connectivity index (χ0n) is 19.2. The Morgan fingerprint density at radius 2 is 1.85 bits per heavy atom. The SMILES string of the molecule is CCS(=O)(=O)N[C@H]1[C@@H](F)CN(C(=O)C2CC3CCC32)[C@H]1Cc1cccc(-c2cccc(F)c2)c1. The predicted molar refractivity (Wildman–Crippen MR) is 127 cm³/mol. The van der Waals surface area contributed by atoms with Crippen molar-refractivity contribution >= 4 is 15.9 Å². The summed E-state index contributed by atoms with van der Waals surface area (Å²) in [4.78, 5) is 15.0. The number of nitrogens with zero attached hydrogens (tertiary/aromatic N) is 1. The lowest BCUT2D eigenvalue weighted by Crippen LogP contribution is -2.55. The molecule has 1 aliphatic heterocycles. The van der Waals surface area contributed by atoms with Crippen molar-refractivity contribution in [1.82, 2.24) is 9.62 Å². The molecule has 34 heavy (non-hydrogen) atoms. The van der Waals surface area contributed by atoms with Gasteiger partial charge < -0.3 is 4.90 Å². The van der Waals surface area contributed by atoms with Gasteiger partial charge in [0.05, 0.1) is 24.4 Å². The second-order valence-corrected chi connectivity index (χ2v) is 11.9. The van der Waals surface area contributed by atoms with Crippen LogP contribution in [0.3, 0.4) is 0 Å². The first-order valence-corrected chi connectivity index (χ1v) is 13.7. The zero-order valence-corrected chi connectivity index (χ0v) is 20.0. The Hall–Kier alpha value is -2.32. The van der Waals surface area contributed by atoms with E-state index in [2.05, 4.69) is 4.72 Å². The first kappa shape index (κ1) is 23.4. The number of fused-ring (bicyclic) bond motifs is 1. The lowest BCUT2D eigenvalue weighted by molar-refractivity contribution is -0.152. The second kappa shape index (κ2) is 9.04. The van der Waals surface area contributed by atoms with Gasteiger partial charge in [-0.15, -0.1) is 0 Å². The van der Waals surface area contributed by atoms with E-state index in [1.165, 1.54) is 19.1 Å². The summed E-state index contributed by atoms with van der Waals surface area (Å²) in [6, 6.07) is 12.2. The molecular weight excluding hydrogens is 458 g/mol. The van der Waals surface area contributed by atoms with E-state index in [1.54, 1.807) is 11.0 Å². The van der Waals surface area contributed by atoms with E-state index in [0.29, 0.717) is 18.3 Å². The molecule has 3 unspecified atom stereocenters. The molecule has 0 spiro atoms. The van der Waals surface area contributed by atoms with Crippen molar-refractivity contribution in [3.63, 3.8) is 0 Å². The molecule has 0 radical (unpaired) electrons. The molecule has 1 amide bonds. The van der Waals surface area contributed by atoms with Crippen LogP contribution in [0.25, 0.3) is 11.1 Å². The summed E-state index contributed by atoms with van der Waals surface area (Å²) in [5, 5.41) is 0. The van der Waals surface area contributed by atoms with Gasteiger partial charge in [0.25, 0.3) is 0 Å². The molecule has 182 valence electrons. The summed E-state index contributed by atoms with van der Waals surface area (Å²) in [7, 11) is -3.66. The van der Waals surface area contributed by atoms with Crippen molar-refractivity contribution in [2.45, 2.75) is 50.9 Å². The third-order valence-electron chi connectivity index (χ3n) is 7.95. The molecule has 2 saturated carbocycles. The van der Waals surface area contributed by atoms with Crippen molar-refractivity contribution < 1.29 is 22.0 Å². The maximum absolute atomic E-state index is 15.2. The first-order valence-electron chi connectivity index (χ1n) is 12.0. The van der Waals surface area contributed by atoms with E-state index in [-0.39, 0.29) is 29.9 Å². The fourth-order valence-electron chi connectivity index (χ4n) is 5.81. The average molecular weight is 489 g/mol. The highest BCUT2D eigenvalue weighted by Crippen LogP contribution is 2.55. The quantitative estimate of drug-likeness (QED) is 0.642. The van der Waals surface area contributed by atoms with Gasteiger partial charge in [-0.25, -0.2) is 21.9 Å². The van der Waals surface area contributed by atoms with Crippen molar-refractivity contribution in [2.24, 2.45) is 17.8 Å². The first-order chi connectivity index (χ1) is 16.3. The molecule has 1 N–H and O–H groups in total. The van der Waals surface area contributed by atoms with Crippen LogP contribution in [0, 0.1) is 23.6 Å². The molecule has 1 saturated heterocycles. The maximum atomic E-state index is 15.2. The van der Waals surface area contributed by atoms with Crippen LogP contribution in [0.4, 0.5) is 8.78 Å². The third-order valence-corrected chi connectivity index (χ3v) is 9.34. The van der Waals surface area contributed by atoms with Gasteiger partial charge in [0.1, 0.15) is 12.0 Å². The number of likely N-dealkylation sites (tertiary alicyclic amines) is 1. The van der Waals surface area contributed by atoms with Crippen LogP contribution in [-0.2, 0) is 21.2 Å². The minimum atomic E-state index is -3.66. The number of rotatable bonds is 7. The molecule has 5 nitrogen and oxygen atoms in total. The molecule has 2 aromatic carbocycles. The van der Waals surface area contributed by atoms with E-state index in [1.807, 2.05) is 30.3 Å². The van der Waals surface area contributed by atoms with Crippen LogP contribution in [0.1, 0.15) is 31.7 Å². The number of halogens is 2. The number of hydrogen-bond donors (Lipinski definition) is 1. The highest BCUT2D eigenvalue weighted by atomic mass is 32.2. The van der Waals surface area contributed by atoms with Crippen LogP contribution in [0.2, 0.25) is 0 Å². The summed E-state index contributed by atoms with van der Waals surface area (Å²) in [6.07, 6.45) is 1.89. The largest absolute Gasteiger partial charge is 0.334 e. The molecule has 1 heterocycles. The number of alkyl halides is 1. The minimum Gasteiger partial charge on any atom is -0.334 e. The molecule has 0 bridgehead atoms. The molecule has 3 aliphatic rings. The van der Waals surface area contributed by atoms with Crippen molar-refractivity contribution in [3.8, 4) is 11.1 Å². The van der Waals surface area contributed by atoms with Gasteiger partial charge in [0.2, 0.25) is 15.9 Å². The molecule has 0 aromatic heterocycles. The Morgan fingerprint density at radius 1 is 1.12 bits per heavy atom. The standard InChI is InChI=1S/C26H30F2N2O3S/c1-2-34(32,33)29-25-23(28)15-30(26(31)22-14-19-9-10-21(19)22)24(25)12-16-5-3-6-17(11-16)18-7-4-8-20(27)13-18/h3-8,11,13,19,21-25,29H,2,9-10,12,14-15H2,1H3/t19?,21?,22?,23-,24-,25-/m0/s1. The van der Waals surface area contributed by atoms with Gasteiger partial charge in [-0.1, -0.05) is 36.4 Å². The zero-order chi connectivity index (χ0) is 24.0. The number of carbonyl (C=O) groups excluding carboxylic acids is 1. The predicted octanol–water partition coefficient (Wildman–Crippen LogP) is 3.94. The number of hydrogen-bond acceptors (Lipinski definition) is 3. The Kier molecular flexibility index (Phi) is 6.23. The molecule has 5 rings (SSSR count). The number of benzene rings is 2. The average Bonchev–Trinajstić information content (AvgIpc) is 3.10. The van der Waals surface area contributed by atoms with Gasteiger partial charge in [-0.3, -0.25) is 4.79 Å². The Morgan fingerprint density at radius 3 is 2.47 bits per heavy atom. The van der Waals surface area contributed by atoms with Gasteiger partial charge in [-0.2, -0.15) is 0 Å². The summed E-state index contributed by atoms with van der Waals surface area (Å²) in [5.74, 6) is 0.405. The van der Waals surface area contributed by atoms with Crippen molar-refractivity contribution in [1.29, 1.82) is 0 Å². The third kappa shape index (κ3) is 4.38. The number of amides is 1. The molecular formula is C26H30F2N2O3S. The summed E-state index contributed by atoms with van der Waals surface area (Å²) < 4.78 is 56.1. The highest BCUT2D eigenvalue weighted by Gasteiger charge is 2.54. The monoisotopic (exact) mass is 488 g/mol. The smallest absolute Gasteiger partial charge is 0.226 e. The molecule has 2 aliphatic carbocycles. The molecule has 3 fully saturated rings. The normalized spacial score (nSPS) is 30.4. The van der Waals surface area contributed by atoms with Crippen LogP contribution >= 0.6 is 0 Å². The van der Waals surface area contributed by atoms with E-state index in [4.69, 9.17) is 0 Å². The fraction of sp³-hybridized carbons (Fsp3) is 0.500. The van der Waals surface area contributed by atoms with Gasteiger partial charge in [-0.05, 0) is 73.3 Å². The van der Waals surface area contributed by atoms with Crippen LogP contribution in [-0.4, -0.2) is 49.8 Å². The number of nitrogens with one attached hydrogen (secondary N) is 1. The minimum absolute atomic E-state index is 0.0481. The van der Waals surface area contributed by atoms with Gasteiger partial charge in [0.15, 0.2) is 0 Å². The number of carbonyl (C=O) groups is 1. The Labute approximate surface area is 199 Å². The summed E-state index contributed by atoms with van der Waals surface area (Å²) in [5.41, 5.74) is 2.37.